The average molecular weight is 530 g/mol. The number of halogens is 1. The van der Waals surface area contributed by atoms with Gasteiger partial charge < -0.3 is 4.74 Å². The van der Waals surface area contributed by atoms with Crippen molar-refractivity contribution < 1.29 is 17.9 Å². The third-order valence-corrected chi connectivity index (χ3v) is 7.83. The van der Waals surface area contributed by atoms with Crippen molar-refractivity contribution in [2.75, 3.05) is 10.9 Å². The standard InChI is InChI=1S/C26H28BrNO4S/c1-18-10-13-22(14-11-18)33(30,31)28(24-8-5-7-20(3)21(24)4)26(29)9-6-16-32-25-15-12-19(2)17-23(25)27/h5,7-8,10-15,17H,6,9,16H2,1-4H3. The van der Waals surface area contributed by atoms with E-state index in [1.54, 1.807) is 24.3 Å². The average Bonchev–Trinajstić information content (AvgIpc) is 2.76. The van der Waals surface area contributed by atoms with Gasteiger partial charge in [-0.05, 0) is 97.1 Å². The molecular weight excluding hydrogens is 502 g/mol. The molecule has 0 radical (unpaired) electrons. The van der Waals surface area contributed by atoms with Gasteiger partial charge in [-0.2, -0.15) is 0 Å². The second-order valence-corrected chi connectivity index (χ2v) is 10.7. The molecule has 0 aliphatic rings. The molecule has 174 valence electrons. The maximum Gasteiger partial charge on any atom is 0.270 e. The molecule has 0 heterocycles. The third-order valence-electron chi connectivity index (χ3n) is 5.46. The number of rotatable bonds is 8. The van der Waals surface area contributed by atoms with E-state index in [0.717, 1.165) is 31.0 Å². The summed E-state index contributed by atoms with van der Waals surface area (Å²) in [6.07, 6.45) is 0.409. The minimum atomic E-state index is -4.07. The first-order chi connectivity index (χ1) is 15.6. The third kappa shape index (κ3) is 5.84. The molecule has 1 amide bonds. The van der Waals surface area contributed by atoms with Crippen molar-refractivity contribution in [3.63, 3.8) is 0 Å². The highest BCUT2D eigenvalue weighted by molar-refractivity contribution is 9.10. The van der Waals surface area contributed by atoms with Gasteiger partial charge in [0.1, 0.15) is 5.75 Å². The molecule has 0 saturated heterocycles. The molecule has 3 aromatic rings. The van der Waals surface area contributed by atoms with Gasteiger partial charge in [0.15, 0.2) is 0 Å². The molecule has 0 atom stereocenters. The summed E-state index contributed by atoms with van der Waals surface area (Å²) >= 11 is 3.47. The number of ether oxygens (including phenoxy) is 1. The van der Waals surface area contributed by atoms with Crippen LogP contribution in [0.2, 0.25) is 0 Å². The van der Waals surface area contributed by atoms with Crippen LogP contribution in [-0.2, 0) is 14.8 Å². The Morgan fingerprint density at radius 2 is 1.61 bits per heavy atom. The molecule has 0 aromatic heterocycles. The summed E-state index contributed by atoms with van der Waals surface area (Å²) in [5.74, 6) is 0.197. The van der Waals surface area contributed by atoms with Crippen LogP contribution in [0, 0.1) is 27.7 Å². The second-order valence-electron chi connectivity index (χ2n) is 8.08. The summed E-state index contributed by atoms with van der Waals surface area (Å²) < 4.78 is 34.7. The van der Waals surface area contributed by atoms with E-state index < -0.39 is 15.9 Å². The fraction of sp³-hybridized carbons (Fsp3) is 0.269. The first kappa shape index (κ1) is 25.0. The lowest BCUT2D eigenvalue weighted by Crippen LogP contribution is -2.37. The smallest absolute Gasteiger partial charge is 0.270 e. The number of hydrogen-bond acceptors (Lipinski definition) is 4. The molecular formula is C26H28BrNO4S. The molecule has 7 heteroatoms. The molecule has 5 nitrogen and oxygen atoms in total. The minimum absolute atomic E-state index is 0.0297. The topological polar surface area (TPSA) is 63.7 Å². The summed E-state index contributed by atoms with van der Waals surface area (Å²) in [5, 5.41) is 0. The van der Waals surface area contributed by atoms with Crippen LogP contribution in [0.15, 0.2) is 70.0 Å². The normalized spacial score (nSPS) is 11.3. The quantitative estimate of drug-likeness (QED) is 0.323. The zero-order valence-electron chi connectivity index (χ0n) is 19.3. The summed E-state index contributed by atoms with van der Waals surface area (Å²) in [4.78, 5) is 13.4. The van der Waals surface area contributed by atoms with Crippen molar-refractivity contribution in [2.24, 2.45) is 0 Å². The number of carbonyl (C=O) groups is 1. The van der Waals surface area contributed by atoms with Crippen molar-refractivity contribution in [1.82, 2.24) is 0 Å². The molecule has 0 saturated carbocycles. The second kappa shape index (κ2) is 10.5. The molecule has 0 unspecified atom stereocenters. The van der Waals surface area contributed by atoms with E-state index in [1.165, 1.54) is 12.1 Å². The molecule has 33 heavy (non-hydrogen) atoms. The molecule has 0 aliphatic heterocycles. The SMILES string of the molecule is Cc1ccc(S(=O)(=O)N(C(=O)CCCOc2ccc(C)cc2Br)c2cccc(C)c2C)cc1. The van der Waals surface area contributed by atoms with Crippen LogP contribution in [0.3, 0.4) is 0 Å². The Labute approximate surface area is 204 Å². The van der Waals surface area contributed by atoms with Crippen molar-refractivity contribution in [3.05, 3.63) is 87.4 Å². The molecule has 0 bridgehead atoms. The summed E-state index contributed by atoms with van der Waals surface area (Å²) in [6.45, 7) is 7.89. The fourth-order valence-electron chi connectivity index (χ4n) is 3.40. The minimum Gasteiger partial charge on any atom is -0.492 e. The van der Waals surface area contributed by atoms with Crippen molar-refractivity contribution in [3.8, 4) is 5.75 Å². The van der Waals surface area contributed by atoms with Crippen LogP contribution >= 0.6 is 15.9 Å². The maximum absolute atomic E-state index is 13.5. The Balaban J connectivity index is 1.83. The van der Waals surface area contributed by atoms with E-state index in [-0.39, 0.29) is 11.3 Å². The van der Waals surface area contributed by atoms with Crippen LogP contribution in [0.25, 0.3) is 0 Å². The highest BCUT2D eigenvalue weighted by Crippen LogP contribution is 2.30. The maximum atomic E-state index is 13.5. The Hall–Kier alpha value is -2.64. The van der Waals surface area contributed by atoms with Crippen LogP contribution < -0.4 is 9.04 Å². The van der Waals surface area contributed by atoms with E-state index in [4.69, 9.17) is 4.74 Å². The predicted molar refractivity (Wildman–Crippen MR) is 135 cm³/mol. The molecule has 0 fully saturated rings. The van der Waals surface area contributed by atoms with Gasteiger partial charge in [-0.25, -0.2) is 12.7 Å². The highest BCUT2D eigenvalue weighted by Gasteiger charge is 2.31. The zero-order valence-corrected chi connectivity index (χ0v) is 21.7. The van der Waals surface area contributed by atoms with Gasteiger partial charge in [-0.1, -0.05) is 35.9 Å². The lowest BCUT2D eigenvalue weighted by atomic mass is 10.1. The number of nitrogens with zero attached hydrogens (tertiary/aromatic N) is 1. The van der Waals surface area contributed by atoms with E-state index in [2.05, 4.69) is 15.9 Å². The van der Waals surface area contributed by atoms with Crippen LogP contribution in [0.4, 0.5) is 5.69 Å². The summed E-state index contributed by atoms with van der Waals surface area (Å²) in [6, 6.07) is 17.6. The van der Waals surface area contributed by atoms with Crippen LogP contribution in [0.5, 0.6) is 5.75 Å². The molecule has 0 N–H and O–H groups in total. The Morgan fingerprint density at radius 3 is 2.27 bits per heavy atom. The van der Waals surface area contributed by atoms with Gasteiger partial charge in [0.05, 0.1) is 21.7 Å². The van der Waals surface area contributed by atoms with Crippen LogP contribution in [0.1, 0.15) is 35.1 Å². The number of anilines is 1. The number of sulfonamides is 1. The highest BCUT2D eigenvalue weighted by atomic mass is 79.9. The molecule has 3 aromatic carbocycles. The van der Waals surface area contributed by atoms with Gasteiger partial charge in [-0.3, -0.25) is 4.79 Å². The predicted octanol–water partition coefficient (Wildman–Crippen LogP) is 6.26. The largest absolute Gasteiger partial charge is 0.492 e. The monoisotopic (exact) mass is 529 g/mol. The van der Waals surface area contributed by atoms with Gasteiger partial charge in [0.2, 0.25) is 5.91 Å². The first-order valence-electron chi connectivity index (χ1n) is 10.7. The summed E-state index contributed by atoms with van der Waals surface area (Å²) in [7, 11) is -4.07. The van der Waals surface area contributed by atoms with Gasteiger partial charge >= 0.3 is 0 Å². The van der Waals surface area contributed by atoms with Crippen LogP contribution in [-0.4, -0.2) is 20.9 Å². The number of aryl methyl sites for hydroxylation is 3. The number of benzene rings is 3. The van der Waals surface area contributed by atoms with Gasteiger partial charge in [0.25, 0.3) is 10.0 Å². The van der Waals surface area contributed by atoms with Crippen molar-refractivity contribution in [2.45, 2.75) is 45.4 Å². The van der Waals surface area contributed by atoms with Crippen molar-refractivity contribution >= 4 is 37.5 Å². The summed E-state index contributed by atoms with van der Waals surface area (Å²) in [5.41, 5.74) is 4.09. The Kier molecular flexibility index (Phi) is 7.97. The van der Waals surface area contributed by atoms with E-state index >= 15 is 0 Å². The number of hydrogen-bond donors (Lipinski definition) is 0. The fourth-order valence-corrected chi connectivity index (χ4v) is 5.51. The van der Waals surface area contributed by atoms with E-state index in [9.17, 15) is 13.2 Å². The van der Waals surface area contributed by atoms with Gasteiger partial charge in [0, 0.05) is 6.42 Å². The lowest BCUT2D eigenvalue weighted by molar-refractivity contribution is -0.117. The van der Waals surface area contributed by atoms with Crippen molar-refractivity contribution in [1.29, 1.82) is 0 Å². The molecule has 0 aliphatic carbocycles. The zero-order chi connectivity index (χ0) is 24.2. The molecule has 3 rings (SSSR count). The van der Waals surface area contributed by atoms with Gasteiger partial charge in [-0.15, -0.1) is 0 Å². The van der Waals surface area contributed by atoms with E-state index in [0.29, 0.717) is 24.5 Å². The number of carbonyl (C=O) groups excluding carboxylic acids is 1. The Bertz CT molecular complexity index is 1250. The molecule has 0 spiro atoms. The number of amides is 1. The first-order valence-corrected chi connectivity index (χ1v) is 12.9. The Morgan fingerprint density at radius 1 is 0.939 bits per heavy atom. The van der Waals surface area contributed by atoms with E-state index in [1.807, 2.05) is 52.0 Å². The lowest BCUT2D eigenvalue weighted by Gasteiger charge is -2.25.